The number of nitrogens with one attached hydrogen (secondary N) is 1. The van der Waals surface area contributed by atoms with E-state index in [4.69, 9.17) is 16.3 Å². The minimum atomic E-state index is -0.395. The van der Waals surface area contributed by atoms with Gasteiger partial charge in [-0.2, -0.15) is 5.10 Å². The predicted molar refractivity (Wildman–Crippen MR) is 110 cm³/mol. The SMILES string of the molecule is O=C1[C@@H](OC2=CC3C=NNC3C=C2)CCN1C1CCN(c2cnc(Cl)cn2)CC1. The number of ether oxygens (including phenoxy) is 1. The molecule has 1 aromatic rings. The first kappa shape index (κ1) is 18.4. The summed E-state index contributed by atoms with van der Waals surface area (Å²) in [6.45, 7) is 2.44. The van der Waals surface area contributed by atoms with Crippen LogP contribution in [0.2, 0.25) is 5.15 Å². The minimum Gasteiger partial charge on any atom is -0.481 e. The number of carbonyl (C=O) groups is 1. The maximum Gasteiger partial charge on any atom is 0.263 e. The molecule has 1 aliphatic carbocycles. The van der Waals surface area contributed by atoms with E-state index in [1.54, 1.807) is 12.4 Å². The van der Waals surface area contributed by atoms with Crippen molar-refractivity contribution in [1.82, 2.24) is 20.3 Å². The summed E-state index contributed by atoms with van der Waals surface area (Å²) >= 11 is 5.82. The van der Waals surface area contributed by atoms with Crippen molar-refractivity contribution < 1.29 is 9.53 Å². The molecular weight excluding hydrogens is 392 g/mol. The number of piperidine rings is 1. The highest BCUT2D eigenvalue weighted by molar-refractivity contribution is 6.29. The van der Waals surface area contributed by atoms with Crippen molar-refractivity contribution in [3.05, 3.63) is 41.5 Å². The van der Waals surface area contributed by atoms with E-state index in [1.807, 2.05) is 29.3 Å². The van der Waals surface area contributed by atoms with Gasteiger partial charge in [-0.15, -0.1) is 0 Å². The van der Waals surface area contributed by atoms with Crippen LogP contribution in [0, 0.1) is 5.92 Å². The van der Waals surface area contributed by atoms with Crippen LogP contribution in [0.25, 0.3) is 0 Å². The zero-order valence-corrected chi connectivity index (χ0v) is 16.7. The average molecular weight is 415 g/mol. The summed E-state index contributed by atoms with van der Waals surface area (Å²) in [5.74, 6) is 1.89. The van der Waals surface area contributed by atoms with Gasteiger partial charge in [0.1, 0.15) is 16.7 Å². The second-order valence-electron chi connectivity index (χ2n) is 7.78. The smallest absolute Gasteiger partial charge is 0.263 e. The Morgan fingerprint density at radius 3 is 2.79 bits per heavy atom. The predicted octanol–water partition coefficient (Wildman–Crippen LogP) is 1.74. The van der Waals surface area contributed by atoms with E-state index in [-0.39, 0.29) is 23.9 Å². The van der Waals surface area contributed by atoms with Crippen LogP contribution in [0.5, 0.6) is 0 Å². The molecule has 2 fully saturated rings. The van der Waals surface area contributed by atoms with Crippen molar-refractivity contribution in [2.24, 2.45) is 11.0 Å². The van der Waals surface area contributed by atoms with E-state index >= 15 is 0 Å². The van der Waals surface area contributed by atoms with Crippen molar-refractivity contribution >= 4 is 29.5 Å². The maximum atomic E-state index is 13.0. The molecule has 0 aromatic carbocycles. The zero-order valence-electron chi connectivity index (χ0n) is 15.9. The normalized spacial score (nSPS) is 29.1. The van der Waals surface area contributed by atoms with E-state index in [9.17, 15) is 4.79 Å². The van der Waals surface area contributed by atoms with Crippen LogP contribution in [0.3, 0.4) is 0 Å². The van der Waals surface area contributed by atoms with Gasteiger partial charge in [-0.3, -0.25) is 4.79 Å². The molecule has 0 spiro atoms. The third-order valence-electron chi connectivity index (χ3n) is 6.01. The van der Waals surface area contributed by atoms with E-state index in [1.165, 1.54) is 0 Å². The van der Waals surface area contributed by atoms with Crippen molar-refractivity contribution in [3.63, 3.8) is 0 Å². The van der Waals surface area contributed by atoms with Gasteiger partial charge in [-0.05, 0) is 25.0 Å². The third kappa shape index (κ3) is 3.69. The number of hydrogen-bond donors (Lipinski definition) is 1. The summed E-state index contributed by atoms with van der Waals surface area (Å²) in [4.78, 5) is 25.6. The van der Waals surface area contributed by atoms with Crippen molar-refractivity contribution in [2.75, 3.05) is 24.5 Å². The number of amides is 1. The van der Waals surface area contributed by atoms with Crippen LogP contribution in [-0.2, 0) is 9.53 Å². The fraction of sp³-hybridized carbons (Fsp3) is 0.500. The lowest BCUT2D eigenvalue weighted by Gasteiger charge is -2.37. The molecule has 3 atom stereocenters. The summed E-state index contributed by atoms with van der Waals surface area (Å²) < 4.78 is 6.05. The molecule has 3 aliphatic heterocycles. The van der Waals surface area contributed by atoms with E-state index in [0.717, 1.165) is 50.5 Å². The number of nitrogens with zero attached hydrogens (tertiary/aromatic N) is 5. The number of likely N-dealkylation sites (tertiary alicyclic amines) is 1. The first-order chi connectivity index (χ1) is 14.2. The number of rotatable bonds is 4. The van der Waals surface area contributed by atoms with Gasteiger partial charge in [-0.25, -0.2) is 9.97 Å². The second-order valence-corrected chi connectivity index (χ2v) is 8.17. The molecule has 0 radical (unpaired) electrons. The molecule has 1 amide bonds. The Labute approximate surface area is 174 Å². The van der Waals surface area contributed by atoms with Crippen LogP contribution in [-0.4, -0.2) is 64.8 Å². The maximum absolute atomic E-state index is 13.0. The monoisotopic (exact) mass is 414 g/mol. The Kier molecular flexibility index (Phi) is 4.87. The largest absolute Gasteiger partial charge is 0.481 e. The molecule has 0 saturated carbocycles. The van der Waals surface area contributed by atoms with E-state index in [2.05, 4.69) is 25.4 Å². The summed E-state index contributed by atoms with van der Waals surface area (Å²) in [5.41, 5.74) is 3.04. The number of hydrazone groups is 1. The standard InChI is InChI=1S/C20H23ClN6O2/c21-18-11-23-19(12-22-18)26-6-3-14(4-7-26)27-8-5-17(20(27)28)29-15-1-2-16-13(9-15)10-24-25-16/h1-2,9-14,16-17,25H,3-8H2/t13?,16?,17-/m0/s1. The van der Waals surface area contributed by atoms with Crippen molar-refractivity contribution in [2.45, 2.75) is 37.5 Å². The number of halogens is 1. The average Bonchev–Trinajstić information content (AvgIpc) is 3.35. The van der Waals surface area contributed by atoms with Gasteiger partial charge in [0, 0.05) is 44.2 Å². The van der Waals surface area contributed by atoms with Crippen molar-refractivity contribution in [1.29, 1.82) is 0 Å². The number of carbonyl (C=O) groups excluding carboxylic acids is 1. The summed E-state index contributed by atoms with van der Waals surface area (Å²) in [5, 5.41) is 4.49. The van der Waals surface area contributed by atoms with Crippen LogP contribution in [0.4, 0.5) is 5.82 Å². The number of fused-ring (bicyclic) bond motifs is 1. The Balaban J connectivity index is 1.16. The lowest BCUT2D eigenvalue weighted by atomic mass is 9.97. The van der Waals surface area contributed by atoms with Gasteiger partial charge in [-0.1, -0.05) is 17.7 Å². The van der Waals surface area contributed by atoms with Crippen LogP contribution in [0.15, 0.2) is 41.5 Å². The van der Waals surface area contributed by atoms with Gasteiger partial charge in [0.05, 0.1) is 18.4 Å². The minimum absolute atomic E-state index is 0.101. The molecule has 8 nitrogen and oxygen atoms in total. The lowest BCUT2D eigenvalue weighted by Crippen LogP contribution is -2.46. The van der Waals surface area contributed by atoms with Crippen molar-refractivity contribution in [3.8, 4) is 0 Å². The second kappa shape index (κ2) is 7.67. The molecule has 9 heteroatoms. The third-order valence-corrected chi connectivity index (χ3v) is 6.21. The molecule has 4 aliphatic rings. The zero-order chi connectivity index (χ0) is 19.8. The molecular formula is C20H23ClN6O2. The fourth-order valence-electron chi connectivity index (χ4n) is 4.42. The summed E-state index contributed by atoms with van der Waals surface area (Å²) in [6.07, 6.45) is 13.3. The number of aromatic nitrogens is 2. The molecule has 29 heavy (non-hydrogen) atoms. The van der Waals surface area contributed by atoms with E-state index in [0.29, 0.717) is 5.15 Å². The highest BCUT2D eigenvalue weighted by Crippen LogP contribution is 2.28. The van der Waals surface area contributed by atoms with E-state index < -0.39 is 6.10 Å². The molecule has 1 aromatic heterocycles. The molecule has 5 rings (SSSR count). The molecule has 1 N–H and O–H groups in total. The highest BCUT2D eigenvalue weighted by Gasteiger charge is 2.39. The van der Waals surface area contributed by atoms with Crippen LogP contribution in [0.1, 0.15) is 19.3 Å². The van der Waals surface area contributed by atoms with Gasteiger partial charge < -0.3 is 20.0 Å². The Morgan fingerprint density at radius 1 is 1.14 bits per heavy atom. The van der Waals surface area contributed by atoms with Gasteiger partial charge >= 0.3 is 0 Å². The summed E-state index contributed by atoms with van der Waals surface area (Å²) in [7, 11) is 0. The number of allylic oxidation sites excluding steroid dienone is 1. The first-order valence-electron chi connectivity index (χ1n) is 10.1. The van der Waals surface area contributed by atoms with Crippen LogP contribution < -0.4 is 10.3 Å². The fourth-order valence-corrected chi connectivity index (χ4v) is 4.52. The Morgan fingerprint density at radius 2 is 2.00 bits per heavy atom. The molecule has 2 saturated heterocycles. The van der Waals surface area contributed by atoms with Crippen LogP contribution >= 0.6 is 11.6 Å². The van der Waals surface area contributed by atoms with Gasteiger partial charge in [0.15, 0.2) is 6.10 Å². The Bertz CT molecular complexity index is 862. The molecule has 2 unspecified atom stereocenters. The van der Waals surface area contributed by atoms with Gasteiger partial charge in [0.2, 0.25) is 0 Å². The Hall–Kier alpha value is -2.61. The summed E-state index contributed by atoms with van der Waals surface area (Å²) in [6, 6.07) is 0.452. The quantitative estimate of drug-likeness (QED) is 0.808. The molecule has 4 heterocycles. The molecule has 152 valence electrons. The highest BCUT2D eigenvalue weighted by atomic mass is 35.5. The first-order valence-corrected chi connectivity index (χ1v) is 10.4. The van der Waals surface area contributed by atoms with Gasteiger partial charge in [0.25, 0.3) is 5.91 Å². The number of hydrogen-bond acceptors (Lipinski definition) is 7. The number of anilines is 1. The lowest BCUT2D eigenvalue weighted by molar-refractivity contribution is -0.137. The topological polar surface area (TPSA) is 83.0 Å². The molecule has 0 bridgehead atoms.